The van der Waals surface area contributed by atoms with Gasteiger partial charge in [-0.15, -0.1) is 0 Å². The van der Waals surface area contributed by atoms with Gasteiger partial charge < -0.3 is 14.6 Å². The summed E-state index contributed by atoms with van der Waals surface area (Å²) < 4.78 is 12.2. The third-order valence-corrected chi connectivity index (χ3v) is 4.77. The molecule has 2 heterocycles. The SMILES string of the molecule is CC1(C)OB(c2ccc3c(c2)NCCC(=O)C3)OC1(C)C. The molecular formula is C16H22BNO3. The lowest BCUT2D eigenvalue weighted by molar-refractivity contribution is -0.118. The van der Waals surface area contributed by atoms with E-state index in [4.69, 9.17) is 9.31 Å². The molecule has 112 valence electrons. The van der Waals surface area contributed by atoms with E-state index in [-0.39, 0.29) is 24.1 Å². The van der Waals surface area contributed by atoms with Crippen molar-refractivity contribution in [2.24, 2.45) is 0 Å². The second kappa shape index (κ2) is 4.85. The Kier molecular flexibility index (Phi) is 3.37. The number of Topliss-reactive ketones (excluding diaryl/α,β-unsaturated/α-hetero) is 1. The van der Waals surface area contributed by atoms with Gasteiger partial charge in [-0.3, -0.25) is 4.79 Å². The van der Waals surface area contributed by atoms with Crippen LogP contribution in [0.3, 0.4) is 0 Å². The van der Waals surface area contributed by atoms with Crippen LogP contribution >= 0.6 is 0 Å². The normalized spacial score (nSPS) is 23.4. The Morgan fingerprint density at radius 3 is 2.48 bits per heavy atom. The van der Waals surface area contributed by atoms with E-state index in [1.54, 1.807) is 0 Å². The zero-order valence-corrected chi connectivity index (χ0v) is 13.2. The van der Waals surface area contributed by atoms with Gasteiger partial charge in [-0.25, -0.2) is 0 Å². The maximum atomic E-state index is 11.7. The molecule has 2 aliphatic rings. The van der Waals surface area contributed by atoms with E-state index in [1.165, 1.54) is 0 Å². The van der Waals surface area contributed by atoms with Crippen LogP contribution in [-0.4, -0.2) is 30.6 Å². The minimum Gasteiger partial charge on any atom is -0.399 e. The van der Waals surface area contributed by atoms with Crippen LogP contribution in [0, 0.1) is 0 Å². The molecule has 1 saturated heterocycles. The number of benzene rings is 1. The van der Waals surface area contributed by atoms with Crippen LogP contribution in [-0.2, 0) is 20.5 Å². The smallest absolute Gasteiger partial charge is 0.399 e. The molecule has 0 aromatic heterocycles. The molecule has 0 spiro atoms. The molecule has 0 amide bonds. The number of anilines is 1. The molecule has 0 radical (unpaired) electrons. The van der Waals surface area contributed by atoms with Crippen molar-refractivity contribution in [3.8, 4) is 0 Å². The maximum absolute atomic E-state index is 11.7. The van der Waals surface area contributed by atoms with E-state index in [2.05, 4.69) is 11.4 Å². The molecular weight excluding hydrogens is 265 g/mol. The van der Waals surface area contributed by atoms with Crippen LogP contribution in [0.2, 0.25) is 0 Å². The number of carbonyl (C=O) groups excluding carboxylic acids is 1. The van der Waals surface area contributed by atoms with E-state index in [0.717, 1.165) is 16.7 Å². The fourth-order valence-electron chi connectivity index (χ4n) is 2.68. The molecule has 5 heteroatoms. The van der Waals surface area contributed by atoms with Crippen LogP contribution in [0.25, 0.3) is 0 Å². The van der Waals surface area contributed by atoms with Gasteiger partial charge in [0.15, 0.2) is 0 Å². The Morgan fingerprint density at radius 1 is 1.14 bits per heavy atom. The topological polar surface area (TPSA) is 47.6 Å². The lowest BCUT2D eigenvalue weighted by Gasteiger charge is -2.32. The number of fused-ring (bicyclic) bond motifs is 1. The van der Waals surface area contributed by atoms with Crippen LogP contribution < -0.4 is 10.8 Å². The summed E-state index contributed by atoms with van der Waals surface area (Å²) in [5.41, 5.74) is 2.39. The molecule has 1 fully saturated rings. The van der Waals surface area contributed by atoms with Gasteiger partial charge in [0.1, 0.15) is 5.78 Å². The fourth-order valence-corrected chi connectivity index (χ4v) is 2.68. The number of ketones is 1. The standard InChI is InChI=1S/C16H22BNO3/c1-15(2)16(3,4)21-17(20-15)12-6-5-11-9-13(19)7-8-18-14(11)10-12/h5-6,10,18H,7-9H2,1-4H3. The summed E-state index contributed by atoms with van der Waals surface area (Å²) in [6, 6.07) is 6.06. The lowest BCUT2D eigenvalue weighted by atomic mass is 9.78. The number of rotatable bonds is 1. The van der Waals surface area contributed by atoms with Crippen molar-refractivity contribution >= 4 is 24.1 Å². The Labute approximate surface area is 126 Å². The Balaban J connectivity index is 1.88. The summed E-state index contributed by atoms with van der Waals surface area (Å²) in [4.78, 5) is 11.7. The van der Waals surface area contributed by atoms with Gasteiger partial charge in [0.2, 0.25) is 0 Å². The van der Waals surface area contributed by atoms with Crippen molar-refractivity contribution in [2.45, 2.75) is 51.7 Å². The highest BCUT2D eigenvalue weighted by atomic mass is 16.7. The first-order chi connectivity index (χ1) is 9.78. The van der Waals surface area contributed by atoms with Crippen molar-refractivity contribution in [2.75, 3.05) is 11.9 Å². The zero-order chi connectivity index (χ0) is 15.3. The average Bonchev–Trinajstić information content (AvgIpc) is 2.52. The summed E-state index contributed by atoms with van der Waals surface area (Å²) in [5.74, 6) is 0.282. The fraction of sp³-hybridized carbons (Fsp3) is 0.562. The largest absolute Gasteiger partial charge is 0.494 e. The Bertz CT molecular complexity index is 567. The Hall–Kier alpha value is -1.33. The van der Waals surface area contributed by atoms with E-state index in [9.17, 15) is 4.79 Å². The third-order valence-electron chi connectivity index (χ3n) is 4.77. The molecule has 0 unspecified atom stereocenters. The van der Waals surface area contributed by atoms with Gasteiger partial charge in [-0.1, -0.05) is 12.1 Å². The second-order valence-corrected chi connectivity index (χ2v) is 6.90. The van der Waals surface area contributed by atoms with Gasteiger partial charge in [0.25, 0.3) is 0 Å². The van der Waals surface area contributed by atoms with Crippen molar-refractivity contribution in [1.82, 2.24) is 0 Å². The number of nitrogens with one attached hydrogen (secondary N) is 1. The highest BCUT2D eigenvalue weighted by molar-refractivity contribution is 6.62. The molecule has 0 aliphatic carbocycles. The average molecular weight is 287 g/mol. The van der Waals surface area contributed by atoms with Gasteiger partial charge >= 0.3 is 7.12 Å². The number of carbonyl (C=O) groups is 1. The van der Waals surface area contributed by atoms with Crippen LogP contribution in [0.15, 0.2) is 18.2 Å². The minimum absolute atomic E-state index is 0.282. The van der Waals surface area contributed by atoms with Crippen molar-refractivity contribution in [1.29, 1.82) is 0 Å². The predicted octanol–water partition coefficient (Wildman–Crippen LogP) is 1.91. The summed E-state index contributed by atoms with van der Waals surface area (Å²) >= 11 is 0. The molecule has 1 aromatic carbocycles. The third kappa shape index (κ3) is 2.60. The molecule has 0 bridgehead atoms. The molecule has 1 N–H and O–H groups in total. The molecule has 21 heavy (non-hydrogen) atoms. The maximum Gasteiger partial charge on any atom is 0.494 e. The highest BCUT2D eigenvalue weighted by Gasteiger charge is 2.51. The second-order valence-electron chi connectivity index (χ2n) is 6.90. The number of hydrogen-bond donors (Lipinski definition) is 1. The molecule has 2 aliphatic heterocycles. The summed E-state index contributed by atoms with van der Waals surface area (Å²) in [6.07, 6.45) is 1.09. The summed E-state index contributed by atoms with van der Waals surface area (Å²) in [6.45, 7) is 8.89. The van der Waals surface area contributed by atoms with E-state index >= 15 is 0 Å². The van der Waals surface area contributed by atoms with E-state index in [1.807, 2.05) is 39.8 Å². The first-order valence-electron chi connectivity index (χ1n) is 7.52. The first kappa shape index (κ1) is 14.6. The lowest BCUT2D eigenvalue weighted by Crippen LogP contribution is -2.41. The van der Waals surface area contributed by atoms with Gasteiger partial charge in [-0.05, 0) is 44.8 Å². The molecule has 0 saturated carbocycles. The molecule has 0 atom stereocenters. The van der Waals surface area contributed by atoms with E-state index < -0.39 is 0 Å². The van der Waals surface area contributed by atoms with Crippen molar-refractivity contribution in [3.05, 3.63) is 23.8 Å². The highest BCUT2D eigenvalue weighted by Crippen LogP contribution is 2.36. The van der Waals surface area contributed by atoms with Crippen LogP contribution in [0.1, 0.15) is 39.7 Å². The van der Waals surface area contributed by atoms with Crippen molar-refractivity contribution < 1.29 is 14.1 Å². The molecule has 3 rings (SSSR count). The van der Waals surface area contributed by atoms with Gasteiger partial charge in [0, 0.05) is 25.1 Å². The monoisotopic (exact) mass is 287 g/mol. The van der Waals surface area contributed by atoms with Gasteiger partial charge in [0.05, 0.1) is 11.2 Å². The van der Waals surface area contributed by atoms with Crippen LogP contribution in [0.5, 0.6) is 0 Å². The Morgan fingerprint density at radius 2 is 1.81 bits per heavy atom. The predicted molar refractivity (Wildman–Crippen MR) is 84.0 cm³/mol. The first-order valence-corrected chi connectivity index (χ1v) is 7.52. The summed E-state index contributed by atoms with van der Waals surface area (Å²) in [5, 5.41) is 3.33. The molecule has 4 nitrogen and oxygen atoms in total. The molecule has 1 aromatic rings. The van der Waals surface area contributed by atoms with Gasteiger partial charge in [-0.2, -0.15) is 0 Å². The minimum atomic E-state index is -0.360. The zero-order valence-electron chi connectivity index (χ0n) is 13.2. The quantitative estimate of drug-likeness (QED) is 0.802. The van der Waals surface area contributed by atoms with Crippen molar-refractivity contribution in [3.63, 3.8) is 0 Å². The van der Waals surface area contributed by atoms with Crippen LogP contribution in [0.4, 0.5) is 5.69 Å². The van der Waals surface area contributed by atoms with E-state index in [0.29, 0.717) is 19.4 Å². The number of hydrogen-bond acceptors (Lipinski definition) is 4. The summed E-state index contributed by atoms with van der Waals surface area (Å²) in [7, 11) is -0.360.